The molecule has 0 radical (unpaired) electrons. The molecule has 1 N–H and O–H groups in total. The summed E-state index contributed by atoms with van der Waals surface area (Å²) in [5.74, 6) is -0.412. The maximum absolute atomic E-state index is 12.0. The van der Waals surface area contributed by atoms with E-state index in [0.29, 0.717) is 18.0 Å². The zero-order valence-electron chi connectivity index (χ0n) is 13.3. The molecule has 0 bridgehead atoms. The first kappa shape index (κ1) is 17.0. The molecular weight excluding hydrogens is 268 g/mol. The van der Waals surface area contributed by atoms with Gasteiger partial charge in [0.15, 0.2) is 6.10 Å². The zero-order chi connectivity index (χ0) is 16.0. The molecule has 0 fully saturated rings. The fourth-order valence-corrected chi connectivity index (χ4v) is 1.63. The van der Waals surface area contributed by atoms with Gasteiger partial charge in [0.1, 0.15) is 0 Å². The van der Waals surface area contributed by atoms with Crippen LogP contribution in [-0.4, -0.2) is 38.6 Å². The van der Waals surface area contributed by atoms with Crippen molar-refractivity contribution in [3.8, 4) is 0 Å². The van der Waals surface area contributed by atoms with Gasteiger partial charge in [-0.3, -0.25) is 4.79 Å². The van der Waals surface area contributed by atoms with E-state index < -0.39 is 12.1 Å². The molecule has 0 aromatic heterocycles. The third-order valence-electron chi connectivity index (χ3n) is 2.96. The van der Waals surface area contributed by atoms with Crippen molar-refractivity contribution in [1.29, 1.82) is 0 Å². The minimum atomic E-state index is -0.801. The molecule has 0 heterocycles. The van der Waals surface area contributed by atoms with E-state index in [1.807, 2.05) is 45.0 Å². The van der Waals surface area contributed by atoms with Gasteiger partial charge in [-0.25, -0.2) is 4.79 Å². The Morgan fingerprint density at radius 2 is 1.71 bits per heavy atom. The smallest absolute Gasteiger partial charge is 0.338 e. The van der Waals surface area contributed by atoms with E-state index in [0.717, 1.165) is 5.69 Å². The van der Waals surface area contributed by atoms with Crippen molar-refractivity contribution >= 4 is 17.6 Å². The summed E-state index contributed by atoms with van der Waals surface area (Å²) in [5, 5.41) is 2.74. The van der Waals surface area contributed by atoms with Gasteiger partial charge in [-0.1, -0.05) is 13.8 Å². The van der Waals surface area contributed by atoms with Gasteiger partial charge in [-0.2, -0.15) is 0 Å². The van der Waals surface area contributed by atoms with Gasteiger partial charge in [0, 0.05) is 26.3 Å². The molecule has 0 spiro atoms. The number of esters is 1. The van der Waals surface area contributed by atoms with Gasteiger partial charge in [0.2, 0.25) is 0 Å². The molecule has 0 aliphatic heterocycles. The average Bonchev–Trinajstić information content (AvgIpc) is 2.44. The van der Waals surface area contributed by atoms with E-state index in [1.54, 1.807) is 19.1 Å². The maximum atomic E-state index is 12.0. The Morgan fingerprint density at radius 3 is 2.19 bits per heavy atom. The summed E-state index contributed by atoms with van der Waals surface area (Å²) < 4.78 is 5.17. The Labute approximate surface area is 126 Å². The standard InChI is InChI=1S/C16H24N2O3/c1-11(2)10-17-15(19)12(3)21-16(20)13-6-8-14(9-7-13)18(4)5/h6-9,11-12H,10H2,1-5H3,(H,17,19). The van der Waals surface area contributed by atoms with Crippen molar-refractivity contribution in [1.82, 2.24) is 5.32 Å². The lowest BCUT2D eigenvalue weighted by Gasteiger charge is -2.15. The van der Waals surface area contributed by atoms with Crippen LogP contribution >= 0.6 is 0 Å². The molecule has 1 amide bonds. The molecule has 0 saturated carbocycles. The first-order valence-corrected chi connectivity index (χ1v) is 7.07. The van der Waals surface area contributed by atoms with Crippen LogP contribution in [0.15, 0.2) is 24.3 Å². The summed E-state index contributed by atoms with van der Waals surface area (Å²) >= 11 is 0. The molecule has 5 heteroatoms. The highest BCUT2D eigenvalue weighted by atomic mass is 16.5. The molecule has 21 heavy (non-hydrogen) atoms. The molecule has 0 saturated heterocycles. The predicted molar refractivity (Wildman–Crippen MR) is 83.5 cm³/mol. The lowest BCUT2D eigenvalue weighted by atomic mass is 10.2. The molecule has 1 aromatic rings. The second-order valence-corrected chi connectivity index (χ2v) is 5.63. The van der Waals surface area contributed by atoms with Crippen LogP contribution in [0.5, 0.6) is 0 Å². The highest BCUT2D eigenvalue weighted by Gasteiger charge is 2.18. The molecule has 1 unspecified atom stereocenters. The van der Waals surface area contributed by atoms with E-state index in [9.17, 15) is 9.59 Å². The van der Waals surface area contributed by atoms with Crippen LogP contribution in [0.1, 0.15) is 31.1 Å². The summed E-state index contributed by atoms with van der Waals surface area (Å²) in [5.41, 5.74) is 1.43. The average molecular weight is 292 g/mol. The number of ether oxygens (including phenoxy) is 1. The summed E-state index contributed by atoms with van der Waals surface area (Å²) in [6.07, 6.45) is -0.801. The third kappa shape index (κ3) is 5.45. The molecule has 116 valence electrons. The van der Waals surface area contributed by atoms with Crippen LogP contribution in [0.3, 0.4) is 0 Å². The number of anilines is 1. The van der Waals surface area contributed by atoms with Crippen LogP contribution in [0.2, 0.25) is 0 Å². The van der Waals surface area contributed by atoms with Crippen LogP contribution in [0, 0.1) is 5.92 Å². The number of benzene rings is 1. The molecule has 0 aliphatic carbocycles. The van der Waals surface area contributed by atoms with Gasteiger partial charge in [-0.05, 0) is 37.1 Å². The second-order valence-electron chi connectivity index (χ2n) is 5.63. The normalized spacial score (nSPS) is 11.9. The highest BCUT2D eigenvalue weighted by Crippen LogP contribution is 2.13. The molecular formula is C16H24N2O3. The van der Waals surface area contributed by atoms with Crippen LogP contribution < -0.4 is 10.2 Å². The number of carbonyl (C=O) groups excluding carboxylic acids is 2. The van der Waals surface area contributed by atoms with Gasteiger partial charge >= 0.3 is 5.97 Å². The Kier molecular flexibility index (Phi) is 6.21. The van der Waals surface area contributed by atoms with Gasteiger partial charge in [-0.15, -0.1) is 0 Å². The van der Waals surface area contributed by atoms with Crippen molar-refractivity contribution in [2.75, 3.05) is 25.5 Å². The van der Waals surface area contributed by atoms with Crippen molar-refractivity contribution in [2.45, 2.75) is 26.9 Å². The number of hydrogen-bond donors (Lipinski definition) is 1. The predicted octanol–water partition coefficient (Wildman–Crippen LogP) is 2.07. The number of amides is 1. The third-order valence-corrected chi connectivity index (χ3v) is 2.96. The van der Waals surface area contributed by atoms with Crippen LogP contribution in [0.25, 0.3) is 0 Å². The van der Waals surface area contributed by atoms with Crippen LogP contribution in [0.4, 0.5) is 5.69 Å². The summed E-state index contributed by atoms with van der Waals surface area (Å²) in [6.45, 7) is 6.15. The van der Waals surface area contributed by atoms with E-state index in [2.05, 4.69) is 5.32 Å². The minimum Gasteiger partial charge on any atom is -0.449 e. The van der Waals surface area contributed by atoms with Gasteiger partial charge in [0.25, 0.3) is 5.91 Å². The van der Waals surface area contributed by atoms with E-state index in [4.69, 9.17) is 4.74 Å². The Hall–Kier alpha value is -2.04. The first-order valence-electron chi connectivity index (χ1n) is 7.07. The largest absolute Gasteiger partial charge is 0.449 e. The van der Waals surface area contributed by atoms with Crippen molar-refractivity contribution in [3.63, 3.8) is 0 Å². The number of carbonyl (C=O) groups is 2. The Bertz CT molecular complexity index is 481. The topological polar surface area (TPSA) is 58.6 Å². The molecule has 1 rings (SSSR count). The van der Waals surface area contributed by atoms with Crippen molar-refractivity contribution < 1.29 is 14.3 Å². The number of nitrogens with zero attached hydrogens (tertiary/aromatic N) is 1. The molecule has 0 aliphatic rings. The summed E-state index contributed by atoms with van der Waals surface area (Å²) in [7, 11) is 3.85. The fraction of sp³-hybridized carbons (Fsp3) is 0.500. The number of nitrogens with one attached hydrogen (secondary N) is 1. The zero-order valence-corrected chi connectivity index (χ0v) is 13.3. The van der Waals surface area contributed by atoms with Crippen molar-refractivity contribution in [2.24, 2.45) is 5.92 Å². The Morgan fingerprint density at radius 1 is 1.14 bits per heavy atom. The van der Waals surface area contributed by atoms with Crippen LogP contribution in [-0.2, 0) is 9.53 Å². The maximum Gasteiger partial charge on any atom is 0.338 e. The monoisotopic (exact) mass is 292 g/mol. The number of rotatable bonds is 6. The highest BCUT2D eigenvalue weighted by molar-refractivity contribution is 5.92. The molecule has 5 nitrogen and oxygen atoms in total. The fourth-order valence-electron chi connectivity index (χ4n) is 1.63. The van der Waals surface area contributed by atoms with Gasteiger partial charge < -0.3 is 15.0 Å². The second kappa shape index (κ2) is 7.67. The number of hydrogen-bond acceptors (Lipinski definition) is 4. The quantitative estimate of drug-likeness (QED) is 0.816. The van der Waals surface area contributed by atoms with Gasteiger partial charge in [0.05, 0.1) is 5.56 Å². The Balaban J connectivity index is 2.57. The van der Waals surface area contributed by atoms with E-state index >= 15 is 0 Å². The molecule has 1 aromatic carbocycles. The van der Waals surface area contributed by atoms with E-state index in [1.165, 1.54) is 0 Å². The lowest BCUT2D eigenvalue weighted by molar-refractivity contribution is -0.129. The molecule has 1 atom stereocenters. The summed E-state index contributed by atoms with van der Waals surface area (Å²) in [6, 6.07) is 7.05. The van der Waals surface area contributed by atoms with Crippen molar-refractivity contribution in [3.05, 3.63) is 29.8 Å². The summed E-state index contributed by atoms with van der Waals surface area (Å²) in [4.78, 5) is 25.7. The minimum absolute atomic E-state index is 0.276. The first-order chi connectivity index (χ1) is 9.81. The lowest BCUT2D eigenvalue weighted by Crippen LogP contribution is -2.37. The van der Waals surface area contributed by atoms with E-state index in [-0.39, 0.29) is 5.91 Å². The SMILES string of the molecule is CC(C)CNC(=O)C(C)OC(=O)c1ccc(N(C)C)cc1.